The van der Waals surface area contributed by atoms with Crippen molar-refractivity contribution in [3.05, 3.63) is 47.4 Å². The van der Waals surface area contributed by atoms with Crippen molar-refractivity contribution in [1.82, 2.24) is 5.32 Å². The zero-order chi connectivity index (χ0) is 18.0. The molecule has 1 aliphatic heterocycles. The summed E-state index contributed by atoms with van der Waals surface area (Å²) in [4.78, 5) is 12.4. The Morgan fingerprint density at radius 3 is 2.88 bits per heavy atom. The van der Waals surface area contributed by atoms with Gasteiger partial charge in [-0.15, -0.1) is 0 Å². The Hall–Kier alpha value is -2.19. The molecule has 1 N–H and O–H groups in total. The van der Waals surface area contributed by atoms with Gasteiger partial charge in [0.15, 0.2) is 6.10 Å². The van der Waals surface area contributed by atoms with Crippen LogP contribution < -0.4 is 14.4 Å². The average molecular weight is 385 g/mol. The van der Waals surface area contributed by atoms with Crippen LogP contribution in [0.2, 0.25) is 5.02 Å². The summed E-state index contributed by atoms with van der Waals surface area (Å²) in [6.45, 7) is 0.347. The number of amides is 1. The predicted molar refractivity (Wildman–Crippen MR) is 93.2 cm³/mol. The minimum atomic E-state index is -3.53. The highest BCUT2D eigenvalue weighted by atomic mass is 35.5. The standard InChI is InChI=1S/C16H17ClN2O5S/c1-25(21,22)19-7-6-15(16(20)18-10-12-3-2-8-23-12)24-14-5-4-11(17)9-13(14)19/h2-5,8-9,15H,6-7,10H2,1H3,(H,18,20)/t15-/m1/s1. The largest absolute Gasteiger partial charge is 0.478 e. The van der Waals surface area contributed by atoms with Crippen LogP contribution in [0.15, 0.2) is 41.0 Å². The van der Waals surface area contributed by atoms with Crippen LogP contribution in [-0.4, -0.2) is 33.2 Å². The van der Waals surface area contributed by atoms with Crippen molar-refractivity contribution in [2.75, 3.05) is 17.1 Å². The lowest BCUT2D eigenvalue weighted by Crippen LogP contribution is -2.39. The Morgan fingerprint density at radius 1 is 1.40 bits per heavy atom. The fourth-order valence-corrected chi connectivity index (χ4v) is 3.69. The van der Waals surface area contributed by atoms with Gasteiger partial charge in [-0.1, -0.05) is 11.6 Å². The molecule has 1 amide bonds. The normalized spacial score (nSPS) is 17.4. The Bertz CT molecular complexity index is 867. The number of nitrogens with one attached hydrogen (secondary N) is 1. The third kappa shape index (κ3) is 4.08. The minimum absolute atomic E-state index is 0.116. The van der Waals surface area contributed by atoms with Gasteiger partial charge < -0.3 is 14.5 Å². The minimum Gasteiger partial charge on any atom is -0.478 e. The summed E-state index contributed by atoms with van der Waals surface area (Å²) in [5.74, 6) is 0.574. The zero-order valence-corrected chi connectivity index (χ0v) is 15.0. The van der Waals surface area contributed by atoms with Gasteiger partial charge in [0.25, 0.3) is 5.91 Å². The first kappa shape index (κ1) is 17.6. The molecule has 3 rings (SSSR count). The van der Waals surface area contributed by atoms with Crippen LogP contribution in [0, 0.1) is 0 Å². The lowest BCUT2D eigenvalue weighted by atomic mass is 10.2. The molecule has 0 bridgehead atoms. The van der Waals surface area contributed by atoms with Crippen molar-refractivity contribution < 1.29 is 22.4 Å². The van der Waals surface area contributed by atoms with E-state index in [0.717, 1.165) is 6.26 Å². The van der Waals surface area contributed by atoms with E-state index in [1.54, 1.807) is 24.3 Å². The maximum Gasteiger partial charge on any atom is 0.261 e. The topological polar surface area (TPSA) is 88.9 Å². The molecule has 0 unspecified atom stereocenters. The molecule has 134 valence electrons. The van der Waals surface area contributed by atoms with Crippen LogP contribution in [0.5, 0.6) is 5.75 Å². The number of anilines is 1. The van der Waals surface area contributed by atoms with Crippen LogP contribution in [0.3, 0.4) is 0 Å². The summed E-state index contributed by atoms with van der Waals surface area (Å²) >= 11 is 5.98. The number of benzene rings is 1. The van der Waals surface area contributed by atoms with Crippen molar-refractivity contribution in [1.29, 1.82) is 0 Å². The SMILES string of the molecule is CS(=O)(=O)N1CC[C@H](C(=O)NCc2ccco2)Oc2ccc(Cl)cc21. The van der Waals surface area contributed by atoms with Crippen molar-refractivity contribution in [2.45, 2.75) is 19.1 Å². The van der Waals surface area contributed by atoms with Gasteiger partial charge >= 0.3 is 0 Å². The van der Waals surface area contributed by atoms with E-state index in [9.17, 15) is 13.2 Å². The van der Waals surface area contributed by atoms with E-state index in [0.29, 0.717) is 22.2 Å². The Labute approximate surface area is 150 Å². The number of nitrogens with zero attached hydrogens (tertiary/aromatic N) is 1. The summed E-state index contributed by atoms with van der Waals surface area (Å²) in [6, 6.07) is 8.14. The second-order valence-electron chi connectivity index (χ2n) is 5.64. The number of halogens is 1. The van der Waals surface area contributed by atoms with E-state index in [1.165, 1.54) is 16.6 Å². The molecule has 0 spiro atoms. The van der Waals surface area contributed by atoms with E-state index in [4.69, 9.17) is 20.8 Å². The molecule has 1 atom stereocenters. The quantitative estimate of drug-likeness (QED) is 0.872. The highest BCUT2D eigenvalue weighted by molar-refractivity contribution is 7.92. The van der Waals surface area contributed by atoms with Crippen LogP contribution in [-0.2, 0) is 21.4 Å². The maximum absolute atomic E-state index is 12.4. The Kier molecular flexibility index (Phi) is 4.91. The summed E-state index contributed by atoms with van der Waals surface area (Å²) in [5.41, 5.74) is 0.330. The van der Waals surface area contributed by atoms with Gasteiger partial charge in [-0.2, -0.15) is 0 Å². The molecule has 0 aliphatic carbocycles. The van der Waals surface area contributed by atoms with Gasteiger partial charge in [0.1, 0.15) is 11.5 Å². The zero-order valence-electron chi connectivity index (χ0n) is 13.4. The lowest BCUT2D eigenvalue weighted by Gasteiger charge is -2.21. The average Bonchev–Trinajstić information content (AvgIpc) is 2.98. The molecule has 1 aromatic heterocycles. The Balaban J connectivity index is 1.81. The molecule has 9 heteroatoms. The smallest absolute Gasteiger partial charge is 0.261 e. The van der Waals surface area contributed by atoms with Crippen LogP contribution in [0.1, 0.15) is 12.2 Å². The molecule has 25 heavy (non-hydrogen) atoms. The number of furan rings is 1. The van der Waals surface area contributed by atoms with Gasteiger partial charge in [-0.3, -0.25) is 9.10 Å². The Morgan fingerprint density at radius 2 is 2.20 bits per heavy atom. The number of hydrogen-bond donors (Lipinski definition) is 1. The summed E-state index contributed by atoms with van der Waals surface area (Å²) in [6.07, 6.45) is 2.02. The van der Waals surface area contributed by atoms with E-state index in [2.05, 4.69) is 5.32 Å². The molecular weight excluding hydrogens is 368 g/mol. The van der Waals surface area contributed by atoms with Crippen molar-refractivity contribution in [2.24, 2.45) is 0 Å². The molecule has 0 saturated carbocycles. The fraction of sp³-hybridized carbons (Fsp3) is 0.312. The van der Waals surface area contributed by atoms with Crippen LogP contribution in [0.25, 0.3) is 0 Å². The molecule has 7 nitrogen and oxygen atoms in total. The molecule has 2 aromatic rings. The van der Waals surface area contributed by atoms with Crippen LogP contribution >= 0.6 is 11.6 Å². The van der Waals surface area contributed by atoms with Crippen molar-refractivity contribution in [3.8, 4) is 5.75 Å². The first-order valence-electron chi connectivity index (χ1n) is 7.58. The summed E-state index contributed by atoms with van der Waals surface area (Å²) < 4.78 is 36.3. The third-order valence-corrected chi connectivity index (χ3v) is 5.18. The van der Waals surface area contributed by atoms with Gasteiger partial charge in [-0.05, 0) is 30.3 Å². The maximum atomic E-state index is 12.4. The number of rotatable bonds is 4. The number of sulfonamides is 1. The van der Waals surface area contributed by atoms with E-state index >= 15 is 0 Å². The summed E-state index contributed by atoms with van der Waals surface area (Å²) in [7, 11) is -3.53. The third-order valence-electron chi connectivity index (χ3n) is 3.76. The van der Waals surface area contributed by atoms with Gasteiger partial charge in [0.2, 0.25) is 10.0 Å². The van der Waals surface area contributed by atoms with Crippen molar-refractivity contribution >= 4 is 33.2 Å². The molecule has 2 heterocycles. The van der Waals surface area contributed by atoms with Gasteiger partial charge in [-0.25, -0.2) is 8.42 Å². The summed E-state index contributed by atoms with van der Waals surface area (Å²) in [5, 5.41) is 3.11. The number of hydrogen-bond acceptors (Lipinski definition) is 5. The lowest BCUT2D eigenvalue weighted by molar-refractivity contribution is -0.128. The molecule has 1 aromatic carbocycles. The molecule has 0 saturated heterocycles. The monoisotopic (exact) mass is 384 g/mol. The molecule has 0 radical (unpaired) electrons. The van der Waals surface area contributed by atoms with E-state index in [1.807, 2.05) is 0 Å². The molecule has 0 fully saturated rings. The first-order chi connectivity index (χ1) is 11.8. The number of carbonyl (C=O) groups is 1. The number of carbonyl (C=O) groups excluding carboxylic acids is 1. The first-order valence-corrected chi connectivity index (χ1v) is 9.81. The van der Waals surface area contributed by atoms with Crippen LogP contribution in [0.4, 0.5) is 5.69 Å². The van der Waals surface area contributed by atoms with Crippen molar-refractivity contribution in [3.63, 3.8) is 0 Å². The molecule has 1 aliphatic rings. The van der Waals surface area contributed by atoms with E-state index < -0.39 is 16.1 Å². The predicted octanol–water partition coefficient (Wildman–Crippen LogP) is 2.17. The second kappa shape index (κ2) is 6.97. The fourth-order valence-electron chi connectivity index (χ4n) is 2.58. The second-order valence-corrected chi connectivity index (χ2v) is 7.98. The highest BCUT2D eigenvalue weighted by Gasteiger charge is 2.31. The van der Waals surface area contributed by atoms with E-state index in [-0.39, 0.29) is 25.4 Å². The molecular formula is C16H17ClN2O5S. The number of fused-ring (bicyclic) bond motifs is 1. The number of ether oxygens (including phenoxy) is 1. The highest BCUT2D eigenvalue weighted by Crippen LogP contribution is 2.36. The van der Waals surface area contributed by atoms with Gasteiger partial charge in [0, 0.05) is 18.0 Å². The van der Waals surface area contributed by atoms with Gasteiger partial charge in [0.05, 0.1) is 24.8 Å².